The van der Waals surface area contributed by atoms with E-state index in [1.54, 1.807) is 0 Å². The third kappa shape index (κ3) is 5.76. The lowest BCUT2D eigenvalue weighted by molar-refractivity contribution is 0.480. The molecule has 250 valence electrons. The van der Waals surface area contributed by atoms with Crippen molar-refractivity contribution in [2.24, 2.45) is 0 Å². The third-order valence-electron chi connectivity index (χ3n) is 9.39. The molecular formula is C46H34N4O2. The smallest absolute Gasteiger partial charge is 0.176 e. The van der Waals surface area contributed by atoms with Gasteiger partial charge in [-0.3, -0.25) is 0 Å². The highest BCUT2D eigenvalue weighted by molar-refractivity contribution is 5.95. The van der Waals surface area contributed by atoms with Crippen molar-refractivity contribution in [1.29, 1.82) is 0 Å². The summed E-state index contributed by atoms with van der Waals surface area (Å²) in [6.07, 6.45) is 8.17. The summed E-state index contributed by atoms with van der Waals surface area (Å²) in [6, 6.07) is 45.0. The number of rotatable bonds is 6. The van der Waals surface area contributed by atoms with E-state index in [0.717, 1.165) is 78.3 Å². The third-order valence-corrected chi connectivity index (χ3v) is 9.39. The molecule has 0 fully saturated rings. The molecule has 4 aromatic carbocycles. The van der Waals surface area contributed by atoms with Crippen LogP contribution < -0.4 is 9.47 Å². The maximum atomic E-state index is 6.77. The van der Waals surface area contributed by atoms with Gasteiger partial charge in [-0.25, -0.2) is 9.97 Å². The molecule has 2 aliphatic heterocycles. The number of hydrogen-bond acceptors (Lipinski definition) is 4. The zero-order chi connectivity index (χ0) is 35.0. The van der Waals surface area contributed by atoms with Crippen molar-refractivity contribution in [3.63, 3.8) is 0 Å². The molecule has 0 unspecified atom stereocenters. The Morgan fingerprint density at radius 1 is 0.385 bits per heavy atom. The predicted molar refractivity (Wildman–Crippen MR) is 212 cm³/mol. The van der Waals surface area contributed by atoms with Gasteiger partial charge in [0.25, 0.3) is 0 Å². The Kier molecular flexibility index (Phi) is 7.82. The van der Waals surface area contributed by atoms with E-state index in [2.05, 4.69) is 70.7 Å². The van der Waals surface area contributed by atoms with E-state index in [9.17, 15) is 0 Å². The summed E-state index contributed by atoms with van der Waals surface area (Å²) in [7, 11) is 0. The SMILES string of the molecule is Cc1ccccc1Oc1c2nc(c(-c3ccccc3)c3ccc([nH]3)c(Oc3ccccc3C)c3nc(c(-c4ccccc4)c4ccc1[nH]4)C=C3)C=C2. The zero-order valence-corrected chi connectivity index (χ0v) is 28.7. The summed E-state index contributed by atoms with van der Waals surface area (Å²) in [4.78, 5) is 17.9. The number of aromatic amines is 2. The molecule has 5 heterocycles. The average molecular weight is 675 g/mol. The quantitative estimate of drug-likeness (QED) is 0.184. The van der Waals surface area contributed by atoms with Gasteiger partial charge in [0.15, 0.2) is 11.5 Å². The van der Waals surface area contributed by atoms with Crippen molar-refractivity contribution < 1.29 is 9.47 Å². The number of benzene rings is 4. The molecular weight excluding hydrogens is 641 g/mol. The van der Waals surface area contributed by atoms with E-state index in [0.29, 0.717) is 22.9 Å². The minimum Gasteiger partial charge on any atom is -0.453 e. The fourth-order valence-corrected chi connectivity index (χ4v) is 6.75. The van der Waals surface area contributed by atoms with E-state index in [1.165, 1.54) is 0 Å². The Morgan fingerprint density at radius 2 is 0.750 bits per heavy atom. The number of nitrogens with zero attached hydrogens (tertiary/aromatic N) is 2. The largest absolute Gasteiger partial charge is 0.453 e. The molecule has 0 amide bonds. The molecule has 6 heteroatoms. The van der Waals surface area contributed by atoms with Gasteiger partial charge in [-0.15, -0.1) is 0 Å². The summed E-state index contributed by atoms with van der Waals surface area (Å²) in [6.45, 7) is 4.10. The van der Waals surface area contributed by atoms with Crippen molar-refractivity contribution in [3.05, 3.63) is 167 Å². The van der Waals surface area contributed by atoms with Crippen molar-refractivity contribution >= 4 is 46.4 Å². The second-order valence-corrected chi connectivity index (χ2v) is 12.9. The van der Waals surface area contributed by atoms with Crippen LogP contribution in [0.2, 0.25) is 0 Å². The number of aromatic nitrogens is 4. The number of para-hydroxylation sites is 2. The fraction of sp³-hybridized carbons (Fsp3) is 0.0435. The Morgan fingerprint density at radius 3 is 1.17 bits per heavy atom. The van der Waals surface area contributed by atoms with E-state index in [4.69, 9.17) is 19.4 Å². The molecule has 0 spiro atoms. The van der Waals surface area contributed by atoms with Crippen LogP contribution in [0.4, 0.5) is 0 Å². The molecule has 8 bridgehead atoms. The van der Waals surface area contributed by atoms with Crippen LogP contribution in [0.1, 0.15) is 33.9 Å². The van der Waals surface area contributed by atoms with Crippen LogP contribution in [0.15, 0.2) is 133 Å². The first-order valence-corrected chi connectivity index (χ1v) is 17.3. The highest BCUT2D eigenvalue weighted by Crippen LogP contribution is 2.39. The molecule has 52 heavy (non-hydrogen) atoms. The fourth-order valence-electron chi connectivity index (χ4n) is 6.75. The molecule has 6 nitrogen and oxygen atoms in total. The number of aryl methyl sites for hydroxylation is 2. The minimum absolute atomic E-state index is 0.629. The van der Waals surface area contributed by atoms with Gasteiger partial charge in [0, 0.05) is 22.2 Å². The number of hydrogen-bond donors (Lipinski definition) is 2. The van der Waals surface area contributed by atoms with Crippen molar-refractivity contribution in [2.75, 3.05) is 0 Å². The lowest BCUT2D eigenvalue weighted by Gasteiger charge is -2.10. The van der Waals surface area contributed by atoms with Crippen molar-refractivity contribution in [3.8, 4) is 45.3 Å². The highest BCUT2D eigenvalue weighted by Gasteiger charge is 2.19. The van der Waals surface area contributed by atoms with Crippen LogP contribution in [0.25, 0.3) is 68.6 Å². The molecule has 9 rings (SSSR count). The minimum atomic E-state index is 0.629. The molecule has 7 aromatic rings. The normalized spacial score (nSPS) is 11.9. The van der Waals surface area contributed by atoms with Crippen LogP contribution >= 0.6 is 0 Å². The molecule has 0 aliphatic carbocycles. The van der Waals surface area contributed by atoms with Crippen molar-refractivity contribution in [1.82, 2.24) is 19.9 Å². The number of fused-ring (bicyclic) bond motifs is 8. The van der Waals surface area contributed by atoms with Crippen LogP contribution in [0, 0.1) is 13.8 Å². The van der Waals surface area contributed by atoms with E-state index < -0.39 is 0 Å². The first-order valence-electron chi connectivity index (χ1n) is 17.3. The summed E-state index contributed by atoms with van der Waals surface area (Å²) in [5.41, 5.74) is 12.5. The molecule has 0 saturated heterocycles. The van der Waals surface area contributed by atoms with Crippen LogP contribution in [0.5, 0.6) is 23.0 Å². The van der Waals surface area contributed by atoms with Gasteiger partial charge in [-0.05, 0) is 96.8 Å². The predicted octanol–water partition coefficient (Wildman–Crippen LogP) is 12.2. The molecule has 2 aliphatic rings. The van der Waals surface area contributed by atoms with Gasteiger partial charge in [0.2, 0.25) is 0 Å². The molecule has 3 aromatic heterocycles. The maximum absolute atomic E-state index is 6.77. The Bertz CT molecular complexity index is 2520. The van der Waals surface area contributed by atoms with Gasteiger partial charge in [0.1, 0.15) is 22.9 Å². The average Bonchev–Trinajstić information content (AvgIpc) is 4.02. The number of H-pyrrole nitrogens is 2. The van der Waals surface area contributed by atoms with E-state index >= 15 is 0 Å². The number of ether oxygens (including phenoxy) is 2. The molecule has 2 N–H and O–H groups in total. The van der Waals surface area contributed by atoms with Crippen LogP contribution in [0.3, 0.4) is 0 Å². The summed E-state index contributed by atoms with van der Waals surface area (Å²) in [5.74, 6) is 2.79. The topological polar surface area (TPSA) is 75.8 Å². The summed E-state index contributed by atoms with van der Waals surface area (Å²) >= 11 is 0. The van der Waals surface area contributed by atoms with Crippen LogP contribution in [-0.2, 0) is 0 Å². The second kappa shape index (κ2) is 13.1. The second-order valence-electron chi connectivity index (χ2n) is 12.9. The van der Waals surface area contributed by atoms with E-state index in [1.807, 2.05) is 111 Å². The lowest BCUT2D eigenvalue weighted by Crippen LogP contribution is -1.92. The maximum Gasteiger partial charge on any atom is 0.176 e. The van der Waals surface area contributed by atoms with Gasteiger partial charge < -0.3 is 19.4 Å². The standard InChI is InChI=1S/C46H34N4O2/c1-29-13-9-11-19-41(29)51-45-37-25-21-33(47-37)43(31-15-5-3-6-16-31)35-23-27-39(49-35)46(52-42-20-12-10-14-30(42)2)40-28-24-36(50-40)44(32-17-7-4-8-18-32)34-22-26-38(45)48-34/h3-28,47,50H,1-2H3. The Hall–Kier alpha value is -6.92. The highest BCUT2D eigenvalue weighted by atomic mass is 16.5. The summed E-state index contributed by atoms with van der Waals surface area (Å²) < 4.78 is 13.5. The molecule has 0 atom stereocenters. The first-order chi connectivity index (χ1) is 25.6. The number of nitrogens with one attached hydrogen (secondary N) is 2. The van der Waals surface area contributed by atoms with Gasteiger partial charge in [-0.1, -0.05) is 97.1 Å². The monoisotopic (exact) mass is 674 g/mol. The first kappa shape index (κ1) is 31.1. The molecule has 0 saturated carbocycles. The van der Waals surface area contributed by atoms with Gasteiger partial charge in [-0.2, -0.15) is 0 Å². The Labute approximate surface area is 301 Å². The van der Waals surface area contributed by atoms with E-state index in [-0.39, 0.29) is 0 Å². The zero-order valence-electron chi connectivity index (χ0n) is 28.7. The lowest BCUT2D eigenvalue weighted by atomic mass is 10.0. The Balaban J connectivity index is 1.42. The van der Waals surface area contributed by atoms with Gasteiger partial charge >= 0.3 is 0 Å². The van der Waals surface area contributed by atoms with Crippen LogP contribution in [-0.4, -0.2) is 19.9 Å². The molecule has 0 radical (unpaired) electrons. The summed E-state index contributed by atoms with van der Waals surface area (Å²) in [5, 5.41) is 0. The van der Waals surface area contributed by atoms with Crippen molar-refractivity contribution in [2.45, 2.75) is 13.8 Å². The van der Waals surface area contributed by atoms with Gasteiger partial charge in [0.05, 0.1) is 22.4 Å².